The van der Waals surface area contributed by atoms with E-state index < -0.39 is 11.9 Å². The summed E-state index contributed by atoms with van der Waals surface area (Å²) < 4.78 is 16.7. The van der Waals surface area contributed by atoms with E-state index in [1.807, 2.05) is 20.8 Å². The van der Waals surface area contributed by atoms with Gasteiger partial charge in [0.15, 0.2) is 5.82 Å². The highest BCUT2D eigenvalue weighted by atomic mass is 35.5. The highest BCUT2D eigenvalue weighted by Gasteiger charge is 2.18. The van der Waals surface area contributed by atoms with Crippen LogP contribution < -0.4 is 25.8 Å². The van der Waals surface area contributed by atoms with Gasteiger partial charge in [-0.15, -0.1) is 0 Å². The van der Waals surface area contributed by atoms with E-state index in [9.17, 15) is 9.59 Å². The summed E-state index contributed by atoms with van der Waals surface area (Å²) in [6.45, 7) is 6.70. The number of nitrogens with one attached hydrogen (secondary N) is 3. The Morgan fingerprint density at radius 2 is 1.85 bits per heavy atom. The Kier molecular flexibility index (Phi) is 8.22. The zero-order chi connectivity index (χ0) is 28.2. The van der Waals surface area contributed by atoms with Crippen LogP contribution >= 0.6 is 11.6 Å². The van der Waals surface area contributed by atoms with Crippen LogP contribution in [0.25, 0.3) is 10.9 Å². The van der Waals surface area contributed by atoms with Gasteiger partial charge in [-0.25, -0.2) is 4.79 Å². The van der Waals surface area contributed by atoms with Gasteiger partial charge < -0.3 is 25.3 Å². The molecule has 0 atom stereocenters. The molecule has 12 heteroatoms. The second-order valence-corrected chi connectivity index (χ2v) is 10.0. The van der Waals surface area contributed by atoms with Gasteiger partial charge in [0.2, 0.25) is 0 Å². The molecule has 0 fully saturated rings. The predicted octanol–water partition coefficient (Wildman–Crippen LogP) is 5.47. The van der Waals surface area contributed by atoms with Crippen molar-refractivity contribution in [3.8, 4) is 17.2 Å². The molecule has 2 aromatic carbocycles. The molecule has 0 aliphatic heterocycles. The number of aromatic amines is 1. The number of methoxy groups -OCH3 is 1. The minimum Gasteiger partial charge on any atom is -0.490 e. The predicted molar refractivity (Wildman–Crippen MR) is 149 cm³/mol. The summed E-state index contributed by atoms with van der Waals surface area (Å²) in [5, 5.41) is 13.2. The van der Waals surface area contributed by atoms with E-state index in [1.54, 1.807) is 55.8 Å². The Labute approximate surface area is 230 Å². The van der Waals surface area contributed by atoms with Gasteiger partial charge in [0.05, 0.1) is 28.4 Å². The number of nitrogens with two attached hydrogens (primary N) is 1. The lowest BCUT2D eigenvalue weighted by Gasteiger charge is -2.14. The number of H-pyrrole nitrogens is 1. The summed E-state index contributed by atoms with van der Waals surface area (Å²) in [6.07, 6.45) is 1.57. The number of ether oxygens (including phenoxy) is 3. The summed E-state index contributed by atoms with van der Waals surface area (Å²) in [7, 11) is 1.55. The number of benzene rings is 2. The number of urea groups is 1. The highest BCUT2D eigenvalue weighted by molar-refractivity contribution is 6.34. The number of hydrogen-bond donors (Lipinski definition) is 4. The largest absolute Gasteiger partial charge is 0.490 e. The molecule has 0 spiro atoms. The second-order valence-electron chi connectivity index (χ2n) is 9.62. The van der Waals surface area contributed by atoms with Gasteiger partial charge in [0.25, 0.3) is 5.91 Å². The normalized spacial score (nSPS) is 11.3. The van der Waals surface area contributed by atoms with Crippen LogP contribution in [-0.4, -0.2) is 47.4 Å². The SMILES string of the molecule is COCCOc1cc2nccc(Oc3ccc(NC(=O)Nc4cc(C(C)(C)C)[nH]n4)c(Cl)c3)c2cc1C(N)=O. The number of halogens is 1. The van der Waals surface area contributed by atoms with Crippen LogP contribution in [0.2, 0.25) is 5.02 Å². The number of anilines is 2. The Hall–Kier alpha value is -4.35. The van der Waals surface area contributed by atoms with Gasteiger partial charge >= 0.3 is 6.03 Å². The molecule has 204 valence electrons. The van der Waals surface area contributed by atoms with Gasteiger partial charge in [-0.2, -0.15) is 5.10 Å². The van der Waals surface area contributed by atoms with E-state index in [0.717, 1.165) is 5.69 Å². The van der Waals surface area contributed by atoms with Crippen LogP contribution in [0, 0.1) is 0 Å². The average Bonchev–Trinajstić information content (AvgIpc) is 3.34. The van der Waals surface area contributed by atoms with Crippen LogP contribution in [0.3, 0.4) is 0 Å². The van der Waals surface area contributed by atoms with Crippen LogP contribution in [0.4, 0.5) is 16.3 Å². The first-order valence-corrected chi connectivity index (χ1v) is 12.4. The molecule has 0 saturated carbocycles. The van der Waals surface area contributed by atoms with Gasteiger partial charge in [0, 0.05) is 48.0 Å². The van der Waals surface area contributed by atoms with Crippen molar-refractivity contribution < 1.29 is 23.8 Å². The number of carbonyl (C=O) groups is 2. The summed E-state index contributed by atoms with van der Waals surface area (Å²) in [5.74, 6) is 0.870. The summed E-state index contributed by atoms with van der Waals surface area (Å²) in [4.78, 5) is 28.9. The number of nitrogens with zero attached hydrogens (tertiary/aromatic N) is 2. The molecular formula is C27H29ClN6O5. The number of rotatable bonds is 9. The van der Waals surface area contributed by atoms with E-state index in [-0.39, 0.29) is 22.6 Å². The lowest BCUT2D eigenvalue weighted by Crippen LogP contribution is -2.19. The maximum absolute atomic E-state index is 12.5. The van der Waals surface area contributed by atoms with Crippen molar-refractivity contribution in [3.63, 3.8) is 0 Å². The fraction of sp³-hybridized carbons (Fsp3) is 0.259. The fourth-order valence-electron chi connectivity index (χ4n) is 3.61. The monoisotopic (exact) mass is 552 g/mol. The summed E-state index contributed by atoms with van der Waals surface area (Å²) >= 11 is 6.43. The molecule has 2 heterocycles. The molecule has 3 amide bonds. The van der Waals surface area contributed by atoms with Crippen LogP contribution in [-0.2, 0) is 10.2 Å². The van der Waals surface area contributed by atoms with Gasteiger partial charge in [0.1, 0.15) is 23.9 Å². The van der Waals surface area contributed by atoms with Crippen LogP contribution in [0.5, 0.6) is 17.2 Å². The first-order valence-electron chi connectivity index (χ1n) is 12.0. The van der Waals surface area contributed by atoms with Crippen LogP contribution in [0.1, 0.15) is 36.8 Å². The zero-order valence-corrected chi connectivity index (χ0v) is 22.7. The number of carbonyl (C=O) groups excluding carboxylic acids is 2. The third kappa shape index (κ3) is 6.75. The second kappa shape index (κ2) is 11.6. The highest BCUT2D eigenvalue weighted by Crippen LogP contribution is 2.35. The van der Waals surface area contributed by atoms with Crippen molar-refractivity contribution in [1.82, 2.24) is 15.2 Å². The molecular weight excluding hydrogens is 524 g/mol. The van der Waals surface area contributed by atoms with Crippen molar-refractivity contribution in [3.05, 3.63) is 64.9 Å². The maximum atomic E-state index is 12.5. The maximum Gasteiger partial charge on any atom is 0.324 e. The van der Waals surface area contributed by atoms with Gasteiger partial charge in [-0.3, -0.25) is 20.2 Å². The lowest BCUT2D eigenvalue weighted by molar-refractivity contribution is 0.0992. The van der Waals surface area contributed by atoms with Crippen molar-refractivity contribution in [2.45, 2.75) is 26.2 Å². The number of aromatic nitrogens is 3. The van der Waals surface area contributed by atoms with Gasteiger partial charge in [-0.1, -0.05) is 32.4 Å². The van der Waals surface area contributed by atoms with E-state index in [4.69, 9.17) is 31.5 Å². The van der Waals surface area contributed by atoms with E-state index in [2.05, 4.69) is 25.8 Å². The molecule has 0 aliphatic carbocycles. The zero-order valence-electron chi connectivity index (χ0n) is 21.9. The number of fused-ring (bicyclic) bond motifs is 1. The Balaban J connectivity index is 1.50. The minimum atomic E-state index is -0.652. The molecule has 5 N–H and O–H groups in total. The fourth-order valence-corrected chi connectivity index (χ4v) is 3.83. The topological polar surface area (TPSA) is 153 Å². The Morgan fingerprint density at radius 1 is 1.05 bits per heavy atom. The molecule has 0 aliphatic rings. The smallest absolute Gasteiger partial charge is 0.324 e. The molecule has 0 radical (unpaired) electrons. The van der Waals surface area contributed by atoms with Crippen molar-refractivity contribution in [2.75, 3.05) is 31.0 Å². The molecule has 0 saturated heterocycles. The lowest BCUT2D eigenvalue weighted by atomic mass is 9.92. The number of hydrogen-bond acceptors (Lipinski definition) is 7. The molecule has 4 aromatic rings. The summed E-state index contributed by atoms with van der Waals surface area (Å²) in [6, 6.07) is 11.0. The molecule has 2 aromatic heterocycles. The first-order chi connectivity index (χ1) is 18.5. The molecule has 0 unspecified atom stereocenters. The van der Waals surface area contributed by atoms with E-state index in [1.165, 1.54) is 0 Å². The summed E-state index contributed by atoms with van der Waals surface area (Å²) in [5.41, 5.74) is 7.44. The van der Waals surface area contributed by atoms with E-state index >= 15 is 0 Å². The molecule has 4 rings (SSSR count). The standard InChI is InChI=1S/C27H29ClN6O5/c1-27(2,3)23-14-24(34-33-23)32-26(36)31-19-6-5-15(11-18(19)28)39-21-7-8-30-20-13-22(38-10-9-37-4)17(25(29)35)12-16(20)21/h5-8,11-14H,9-10H2,1-4H3,(H2,29,35)(H3,31,32,33,34,36). The Morgan fingerprint density at radius 3 is 2.51 bits per heavy atom. The number of pyridine rings is 1. The molecule has 39 heavy (non-hydrogen) atoms. The molecule has 11 nitrogen and oxygen atoms in total. The van der Waals surface area contributed by atoms with Crippen molar-refractivity contribution >= 4 is 45.9 Å². The van der Waals surface area contributed by atoms with Crippen molar-refractivity contribution in [2.24, 2.45) is 5.73 Å². The first kappa shape index (κ1) is 27.7. The Bertz CT molecular complexity index is 1510. The average molecular weight is 553 g/mol. The third-order valence-electron chi connectivity index (χ3n) is 5.66. The number of primary amides is 1. The number of amides is 3. The quantitative estimate of drug-likeness (QED) is 0.201. The van der Waals surface area contributed by atoms with Gasteiger partial charge in [-0.05, 0) is 24.3 Å². The third-order valence-corrected chi connectivity index (χ3v) is 5.97. The minimum absolute atomic E-state index is 0.135. The van der Waals surface area contributed by atoms with Crippen LogP contribution in [0.15, 0.2) is 48.7 Å². The molecule has 0 bridgehead atoms. The van der Waals surface area contributed by atoms with E-state index in [0.29, 0.717) is 46.3 Å². The van der Waals surface area contributed by atoms with Crippen molar-refractivity contribution in [1.29, 1.82) is 0 Å².